The molecule has 1 aromatic carbocycles. The van der Waals surface area contributed by atoms with Gasteiger partial charge in [0.1, 0.15) is 0 Å². The molecule has 23 heavy (non-hydrogen) atoms. The molecule has 0 spiro atoms. The zero-order chi connectivity index (χ0) is 16.2. The van der Waals surface area contributed by atoms with E-state index in [1.807, 2.05) is 30.5 Å². The summed E-state index contributed by atoms with van der Waals surface area (Å²) >= 11 is 1.62. The van der Waals surface area contributed by atoms with Gasteiger partial charge in [-0.1, -0.05) is 11.3 Å². The van der Waals surface area contributed by atoms with Crippen LogP contribution < -0.4 is 11.1 Å². The molecule has 0 unspecified atom stereocenters. The fraction of sp³-hybridized carbons (Fsp3) is 0.400. The molecule has 0 aliphatic carbocycles. The van der Waals surface area contributed by atoms with Crippen LogP contribution in [0.15, 0.2) is 29.2 Å². The molecule has 3 rings (SSSR count). The van der Waals surface area contributed by atoms with Crippen LogP contribution in [0.1, 0.15) is 23.3 Å². The molecule has 0 bridgehead atoms. The number of aromatic nitrogens is 3. The van der Waals surface area contributed by atoms with E-state index in [1.54, 1.807) is 11.8 Å². The Kier molecular flexibility index (Phi) is 4.82. The number of anilines is 1. The summed E-state index contributed by atoms with van der Waals surface area (Å²) in [7, 11) is 0. The van der Waals surface area contributed by atoms with Crippen molar-refractivity contribution in [3.05, 3.63) is 30.0 Å². The lowest BCUT2D eigenvalue weighted by Crippen LogP contribution is -2.32. The second-order valence-corrected chi connectivity index (χ2v) is 6.16. The molecule has 1 aliphatic rings. The topological polar surface area (TPSA) is 95.1 Å². The summed E-state index contributed by atoms with van der Waals surface area (Å²) in [4.78, 5) is 13.3. The van der Waals surface area contributed by atoms with Crippen LogP contribution in [0.4, 0.5) is 5.82 Å². The summed E-state index contributed by atoms with van der Waals surface area (Å²) in [5, 5.41) is 10.7. The number of nitrogen functional groups attached to an aromatic ring is 1. The Hall–Kier alpha value is -2.06. The van der Waals surface area contributed by atoms with Gasteiger partial charge in [-0.05, 0) is 37.3 Å². The number of carbonyl (C=O) groups is 1. The van der Waals surface area contributed by atoms with Gasteiger partial charge < -0.3 is 15.8 Å². The minimum absolute atomic E-state index is 0.0773. The molecule has 2 heterocycles. The molecule has 1 aromatic heterocycles. The second kappa shape index (κ2) is 7.01. The first kappa shape index (κ1) is 15.8. The van der Waals surface area contributed by atoms with Crippen LogP contribution in [0.3, 0.4) is 0 Å². The number of amides is 1. The molecule has 0 saturated carbocycles. The molecule has 122 valence electrons. The number of nitrogens with two attached hydrogens (primary N) is 1. The first-order valence-electron chi connectivity index (χ1n) is 7.44. The van der Waals surface area contributed by atoms with E-state index in [1.165, 1.54) is 4.68 Å². The number of hydrogen-bond donors (Lipinski definition) is 2. The summed E-state index contributed by atoms with van der Waals surface area (Å²) in [6.07, 6.45) is 4.07. The van der Waals surface area contributed by atoms with Crippen LogP contribution in [0, 0.1) is 0 Å². The molecular formula is C15H19N5O2S. The van der Waals surface area contributed by atoms with Gasteiger partial charge in [-0.3, -0.25) is 4.79 Å². The van der Waals surface area contributed by atoms with Crippen molar-refractivity contribution >= 4 is 23.5 Å². The molecule has 3 N–H and O–H groups in total. The molecule has 1 atom stereocenters. The standard InChI is InChI=1S/C15H19N5O2S/c1-23-12-6-2-4-10(8-12)20-14(16)13(18-19-20)15(21)17-9-11-5-3-7-22-11/h2,4,6,8,11H,3,5,7,9,16H2,1H3,(H,17,21)/t11-/m0/s1. The fourth-order valence-corrected chi connectivity index (χ4v) is 2.93. The molecule has 1 saturated heterocycles. The van der Waals surface area contributed by atoms with Crippen molar-refractivity contribution in [1.82, 2.24) is 20.3 Å². The Labute approximate surface area is 138 Å². The van der Waals surface area contributed by atoms with Gasteiger partial charge in [0.25, 0.3) is 5.91 Å². The fourth-order valence-electron chi connectivity index (χ4n) is 2.48. The van der Waals surface area contributed by atoms with Gasteiger partial charge in [0.05, 0.1) is 11.8 Å². The van der Waals surface area contributed by atoms with Crippen LogP contribution in [0.2, 0.25) is 0 Å². The third kappa shape index (κ3) is 3.48. The predicted octanol–water partition coefficient (Wildman–Crippen LogP) is 1.48. The number of carbonyl (C=O) groups excluding carboxylic acids is 1. The van der Waals surface area contributed by atoms with Crippen molar-refractivity contribution in [2.75, 3.05) is 25.1 Å². The van der Waals surface area contributed by atoms with E-state index in [9.17, 15) is 4.79 Å². The summed E-state index contributed by atoms with van der Waals surface area (Å²) in [6, 6.07) is 7.73. The maximum atomic E-state index is 12.2. The number of nitrogens with one attached hydrogen (secondary N) is 1. The Bertz CT molecular complexity index is 697. The van der Waals surface area contributed by atoms with E-state index < -0.39 is 0 Å². The first-order chi connectivity index (χ1) is 11.2. The van der Waals surface area contributed by atoms with E-state index in [2.05, 4.69) is 15.6 Å². The molecule has 2 aromatic rings. The van der Waals surface area contributed by atoms with E-state index in [-0.39, 0.29) is 23.5 Å². The summed E-state index contributed by atoms with van der Waals surface area (Å²) < 4.78 is 6.95. The molecular weight excluding hydrogens is 314 g/mol. The maximum Gasteiger partial charge on any atom is 0.275 e. The zero-order valence-electron chi connectivity index (χ0n) is 12.9. The second-order valence-electron chi connectivity index (χ2n) is 5.28. The lowest BCUT2D eigenvalue weighted by atomic mass is 10.2. The lowest BCUT2D eigenvalue weighted by Gasteiger charge is -2.10. The van der Waals surface area contributed by atoms with Crippen molar-refractivity contribution in [3.63, 3.8) is 0 Å². The molecule has 1 amide bonds. The van der Waals surface area contributed by atoms with Crippen molar-refractivity contribution in [3.8, 4) is 5.69 Å². The normalized spacial score (nSPS) is 17.3. The van der Waals surface area contributed by atoms with Gasteiger partial charge in [-0.15, -0.1) is 16.9 Å². The van der Waals surface area contributed by atoms with Crippen molar-refractivity contribution in [2.24, 2.45) is 0 Å². The van der Waals surface area contributed by atoms with Crippen LogP contribution >= 0.6 is 11.8 Å². The van der Waals surface area contributed by atoms with E-state index in [0.717, 1.165) is 30.0 Å². The van der Waals surface area contributed by atoms with Crippen molar-refractivity contribution in [1.29, 1.82) is 0 Å². The van der Waals surface area contributed by atoms with E-state index in [0.29, 0.717) is 6.54 Å². The van der Waals surface area contributed by atoms with Crippen molar-refractivity contribution in [2.45, 2.75) is 23.8 Å². The van der Waals surface area contributed by atoms with Gasteiger partial charge in [0.2, 0.25) is 0 Å². The average Bonchev–Trinajstić information content (AvgIpc) is 3.22. The third-order valence-electron chi connectivity index (χ3n) is 3.73. The summed E-state index contributed by atoms with van der Waals surface area (Å²) in [6.45, 7) is 1.22. The number of benzene rings is 1. The zero-order valence-corrected chi connectivity index (χ0v) is 13.7. The first-order valence-corrected chi connectivity index (χ1v) is 8.67. The van der Waals surface area contributed by atoms with Crippen LogP contribution in [0.25, 0.3) is 5.69 Å². The smallest absolute Gasteiger partial charge is 0.275 e. The molecule has 0 radical (unpaired) electrons. The highest BCUT2D eigenvalue weighted by Gasteiger charge is 2.21. The van der Waals surface area contributed by atoms with E-state index in [4.69, 9.17) is 10.5 Å². The summed E-state index contributed by atoms with van der Waals surface area (Å²) in [5.74, 6) is -0.0987. The monoisotopic (exact) mass is 333 g/mol. The van der Waals surface area contributed by atoms with Gasteiger partial charge in [0, 0.05) is 18.0 Å². The molecule has 8 heteroatoms. The Morgan fingerprint density at radius 1 is 1.57 bits per heavy atom. The average molecular weight is 333 g/mol. The number of ether oxygens (including phenoxy) is 1. The van der Waals surface area contributed by atoms with Gasteiger partial charge in [-0.2, -0.15) is 4.68 Å². The predicted molar refractivity (Wildman–Crippen MR) is 88.9 cm³/mol. The highest BCUT2D eigenvalue weighted by Crippen LogP contribution is 2.21. The number of nitrogens with zero attached hydrogens (tertiary/aromatic N) is 3. The lowest BCUT2D eigenvalue weighted by molar-refractivity contribution is 0.0854. The number of thioether (sulfide) groups is 1. The van der Waals surface area contributed by atoms with Gasteiger partial charge >= 0.3 is 0 Å². The minimum Gasteiger partial charge on any atom is -0.382 e. The third-order valence-corrected chi connectivity index (χ3v) is 4.46. The Morgan fingerprint density at radius 3 is 3.17 bits per heavy atom. The number of rotatable bonds is 5. The minimum atomic E-state index is -0.328. The van der Waals surface area contributed by atoms with Crippen LogP contribution in [0.5, 0.6) is 0 Å². The highest BCUT2D eigenvalue weighted by atomic mass is 32.2. The molecule has 7 nitrogen and oxygen atoms in total. The SMILES string of the molecule is CSc1cccc(-n2nnc(C(=O)NC[C@@H]3CCCO3)c2N)c1. The van der Waals surface area contributed by atoms with Crippen LogP contribution in [-0.4, -0.2) is 46.4 Å². The van der Waals surface area contributed by atoms with Crippen LogP contribution in [-0.2, 0) is 4.74 Å². The maximum absolute atomic E-state index is 12.2. The highest BCUT2D eigenvalue weighted by molar-refractivity contribution is 7.98. The van der Waals surface area contributed by atoms with E-state index >= 15 is 0 Å². The largest absolute Gasteiger partial charge is 0.382 e. The van der Waals surface area contributed by atoms with Gasteiger partial charge in [-0.25, -0.2) is 0 Å². The number of hydrogen-bond acceptors (Lipinski definition) is 6. The summed E-state index contributed by atoms with van der Waals surface area (Å²) in [5.41, 5.74) is 6.97. The van der Waals surface area contributed by atoms with Crippen molar-refractivity contribution < 1.29 is 9.53 Å². The Morgan fingerprint density at radius 2 is 2.43 bits per heavy atom. The Balaban J connectivity index is 1.74. The molecule has 1 fully saturated rings. The van der Waals surface area contributed by atoms with Gasteiger partial charge in [0.15, 0.2) is 11.5 Å². The quantitative estimate of drug-likeness (QED) is 0.805. The molecule has 1 aliphatic heterocycles.